The van der Waals surface area contributed by atoms with Gasteiger partial charge in [0.05, 0.1) is 11.1 Å². The highest BCUT2D eigenvalue weighted by Crippen LogP contribution is 2.30. The number of aliphatic hydroxyl groups is 1. The minimum absolute atomic E-state index is 0.0825. The Morgan fingerprint density at radius 1 is 1.35 bits per heavy atom. The average molecular weight is 346 g/mol. The van der Waals surface area contributed by atoms with Crippen LogP contribution in [0.4, 0.5) is 0 Å². The van der Waals surface area contributed by atoms with Crippen LogP contribution < -0.4 is 5.56 Å². The maximum atomic E-state index is 12.5. The number of hydrogen-bond donors (Lipinski definition) is 2. The van der Waals surface area contributed by atoms with E-state index in [4.69, 9.17) is 5.11 Å². The lowest BCUT2D eigenvalue weighted by atomic mass is 10.1. The SMILES string of the molecule is CC(CO)CSCc1nc2scc(-c3ccccc3)c2c(=O)[nH]1. The summed E-state index contributed by atoms with van der Waals surface area (Å²) < 4.78 is 0. The number of rotatable bonds is 6. The lowest BCUT2D eigenvalue weighted by molar-refractivity contribution is 0.250. The normalized spacial score (nSPS) is 12.6. The minimum Gasteiger partial charge on any atom is -0.396 e. The monoisotopic (exact) mass is 346 g/mol. The van der Waals surface area contributed by atoms with Crippen LogP contribution >= 0.6 is 23.1 Å². The summed E-state index contributed by atoms with van der Waals surface area (Å²) in [6.45, 7) is 2.18. The van der Waals surface area contributed by atoms with E-state index in [1.165, 1.54) is 11.3 Å². The number of fused-ring (bicyclic) bond motifs is 1. The molecule has 0 aliphatic rings. The summed E-state index contributed by atoms with van der Waals surface area (Å²) in [5, 5.41) is 11.7. The van der Waals surface area contributed by atoms with Crippen molar-refractivity contribution in [3.8, 4) is 11.1 Å². The molecule has 23 heavy (non-hydrogen) atoms. The van der Waals surface area contributed by atoms with Gasteiger partial charge in [-0.2, -0.15) is 11.8 Å². The van der Waals surface area contributed by atoms with Crippen LogP contribution in [-0.2, 0) is 5.75 Å². The van der Waals surface area contributed by atoms with E-state index >= 15 is 0 Å². The fraction of sp³-hybridized carbons (Fsp3) is 0.294. The van der Waals surface area contributed by atoms with Crippen LogP contribution in [0, 0.1) is 5.92 Å². The Morgan fingerprint density at radius 3 is 2.87 bits per heavy atom. The standard InChI is InChI=1S/C17H18N2O2S2/c1-11(7-20)8-22-10-14-18-16(21)15-13(9-23-17(15)19-14)12-5-3-2-4-6-12/h2-6,9,11,20H,7-8,10H2,1H3,(H,18,19,21). The van der Waals surface area contributed by atoms with Crippen molar-refractivity contribution in [2.45, 2.75) is 12.7 Å². The van der Waals surface area contributed by atoms with Crippen LogP contribution in [-0.4, -0.2) is 27.4 Å². The molecule has 120 valence electrons. The molecule has 0 bridgehead atoms. The number of aromatic amines is 1. The molecule has 2 N–H and O–H groups in total. The number of thiophene rings is 1. The molecule has 6 heteroatoms. The summed E-state index contributed by atoms with van der Waals surface area (Å²) >= 11 is 3.17. The zero-order valence-corrected chi connectivity index (χ0v) is 14.4. The summed E-state index contributed by atoms with van der Waals surface area (Å²) in [6.07, 6.45) is 0. The molecule has 0 aliphatic heterocycles. The topological polar surface area (TPSA) is 66.0 Å². The van der Waals surface area contributed by atoms with Gasteiger partial charge in [-0.25, -0.2) is 4.98 Å². The van der Waals surface area contributed by atoms with Gasteiger partial charge in [-0.15, -0.1) is 11.3 Å². The molecule has 0 saturated carbocycles. The Kier molecular flexibility index (Phi) is 5.15. The Morgan fingerprint density at radius 2 is 2.13 bits per heavy atom. The van der Waals surface area contributed by atoms with Gasteiger partial charge >= 0.3 is 0 Å². The number of benzene rings is 1. The zero-order valence-electron chi connectivity index (χ0n) is 12.8. The van der Waals surface area contributed by atoms with Crippen LogP contribution in [0.2, 0.25) is 0 Å². The molecule has 0 saturated heterocycles. The molecule has 2 heterocycles. The van der Waals surface area contributed by atoms with E-state index in [0.29, 0.717) is 17.0 Å². The first-order valence-electron chi connectivity index (χ1n) is 7.43. The molecule has 0 fully saturated rings. The molecular weight excluding hydrogens is 328 g/mol. The third-order valence-electron chi connectivity index (χ3n) is 3.53. The number of thioether (sulfide) groups is 1. The predicted octanol–water partition coefficient (Wildman–Crippen LogP) is 3.51. The fourth-order valence-electron chi connectivity index (χ4n) is 2.30. The second-order valence-corrected chi connectivity index (χ2v) is 7.40. The summed E-state index contributed by atoms with van der Waals surface area (Å²) in [6, 6.07) is 9.90. The van der Waals surface area contributed by atoms with Gasteiger partial charge in [-0.1, -0.05) is 37.3 Å². The molecule has 0 amide bonds. The largest absolute Gasteiger partial charge is 0.396 e. The zero-order chi connectivity index (χ0) is 16.2. The summed E-state index contributed by atoms with van der Waals surface area (Å²) in [4.78, 5) is 20.7. The number of H-pyrrole nitrogens is 1. The van der Waals surface area contributed by atoms with E-state index in [-0.39, 0.29) is 18.1 Å². The van der Waals surface area contributed by atoms with Crippen LogP contribution in [0.3, 0.4) is 0 Å². The first kappa shape index (κ1) is 16.2. The van der Waals surface area contributed by atoms with Gasteiger partial charge in [0.15, 0.2) is 0 Å². The quantitative estimate of drug-likeness (QED) is 0.717. The van der Waals surface area contributed by atoms with E-state index in [1.807, 2.05) is 42.6 Å². The van der Waals surface area contributed by atoms with Gasteiger partial charge in [0.1, 0.15) is 10.7 Å². The number of aromatic nitrogens is 2. The van der Waals surface area contributed by atoms with E-state index < -0.39 is 0 Å². The third-order valence-corrected chi connectivity index (χ3v) is 5.69. The van der Waals surface area contributed by atoms with Crippen molar-refractivity contribution in [3.63, 3.8) is 0 Å². The first-order chi connectivity index (χ1) is 11.2. The van der Waals surface area contributed by atoms with E-state index in [9.17, 15) is 4.79 Å². The summed E-state index contributed by atoms with van der Waals surface area (Å²) in [5.41, 5.74) is 1.89. The Hall–Kier alpha value is -1.63. The number of nitrogens with one attached hydrogen (secondary N) is 1. The van der Waals surface area contributed by atoms with Gasteiger partial charge in [0.25, 0.3) is 5.56 Å². The minimum atomic E-state index is -0.0825. The predicted molar refractivity (Wildman–Crippen MR) is 98.1 cm³/mol. The Bertz CT molecular complexity index is 843. The summed E-state index contributed by atoms with van der Waals surface area (Å²) in [5.74, 6) is 2.44. The molecule has 0 spiro atoms. The fourth-order valence-corrected chi connectivity index (χ4v) is 4.22. The first-order valence-corrected chi connectivity index (χ1v) is 9.47. The van der Waals surface area contributed by atoms with E-state index in [1.54, 1.807) is 11.8 Å². The van der Waals surface area contributed by atoms with E-state index in [2.05, 4.69) is 9.97 Å². The molecule has 4 nitrogen and oxygen atoms in total. The van der Waals surface area contributed by atoms with Crippen molar-refractivity contribution in [1.29, 1.82) is 0 Å². The number of nitrogens with zero attached hydrogens (tertiary/aromatic N) is 1. The molecule has 1 atom stereocenters. The van der Waals surface area contributed by atoms with Crippen molar-refractivity contribution >= 4 is 33.3 Å². The van der Waals surface area contributed by atoms with Gasteiger partial charge in [0.2, 0.25) is 0 Å². The van der Waals surface area contributed by atoms with Crippen LogP contribution in [0.15, 0.2) is 40.5 Å². The van der Waals surface area contributed by atoms with Gasteiger partial charge in [0, 0.05) is 17.6 Å². The van der Waals surface area contributed by atoms with Crippen molar-refractivity contribution in [3.05, 3.63) is 51.9 Å². The van der Waals surface area contributed by atoms with Crippen LogP contribution in [0.25, 0.3) is 21.3 Å². The second kappa shape index (κ2) is 7.29. The smallest absolute Gasteiger partial charge is 0.260 e. The van der Waals surface area contributed by atoms with Crippen LogP contribution in [0.5, 0.6) is 0 Å². The maximum Gasteiger partial charge on any atom is 0.260 e. The van der Waals surface area contributed by atoms with Crippen molar-refractivity contribution in [1.82, 2.24) is 9.97 Å². The maximum absolute atomic E-state index is 12.5. The third kappa shape index (κ3) is 3.65. The molecular formula is C17H18N2O2S2. The lowest BCUT2D eigenvalue weighted by Gasteiger charge is -2.06. The highest BCUT2D eigenvalue weighted by molar-refractivity contribution is 7.98. The average Bonchev–Trinajstić information content (AvgIpc) is 3.00. The molecule has 2 aromatic heterocycles. The van der Waals surface area contributed by atoms with Gasteiger partial charge in [-0.05, 0) is 17.2 Å². The van der Waals surface area contributed by atoms with Crippen molar-refractivity contribution in [2.24, 2.45) is 5.92 Å². The van der Waals surface area contributed by atoms with Crippen LogP contribution in [0.1, 0.15) is 12.7 Å². The second-order valence-electron chi connectivity index (χ2n) is 5.51. The Balaban J connectivity index is 1.88. The molecule has 0 radical (unpaired) electrons. The Labute approximate surface area is 142 Å². The van der Waals surface area contributed by atoms with Crippen molar-refractivity contribution in [2.75, 3.05) is 12.4 Å². The highest BCUT2D eigenvalue weighted by atomic mass is 32.2. The van der Waals surface area contributed by atoms with Gasteiger partial charge in [-0.3, -0.25) is 4.79 Å². The highest BCUT2D eigenvalue weighted by Gasteiger charge is 2.13. The molecule has 0 aliphatic carbocycles. The summed E-state index contributed by atoms with van der Waals surface area (Å²) in [7, 11) is 0. The van der Waals surface area contributed by atoms with Gasteiger partial charge < -0.3 is 10.1 Å². The lowest BCUT2D eigenvalue weighted by Crippen LogP contribution is -2.11. The van der Waals surface area contributed by atoms with E-state index in [0.717, 1.165) is 21.7 Å². The molecule has 1 unspecified atom stereocenters. The molecule has 1 aromatic carbocycles. The number of hydrogen-bond acceptors (Lipinski definition) is 5. The number of aliphatic hydroxyl groups excluding tert-OH is 1. The van der Waals surface area contributed by atoms with Crippen molar-refractivity contribution < 1.29 is 5.11 Å². The molecule has 3 aromatic rings. The molecule has 3 rings (SSSR count).